The Kier molecular flexibility index (Phi) is 8.64. The van der Waals surface area contributed by atoms with Gasteiger partial charge in [-0.2, -0.15) is 0 Å². The predicted molar refractivity (Wildman–Crippen MR) is 158 cm³/mol. The van der Waals surface area contributed by atoms with Crippen molar-refractivity contribution in [1.82, 2.24) is 9.88 Å². The molecule has 1 saturated carbocycles. The Labute approximate surface area is 242 Å². The van der Waals surface area contributed by atoms with Gasteiger partial charge in [-0.1, -0.05) is 26.0 Å². The van der Waals surface area contributed by atoms with Crippen LogP contribution in [0.1, 0.15) is 81.2 Å². The number of carbonyl (C=O) groups is 1. The number of carboxylic acid groups (broad SMARTS) is 1. The minimum atomic E-state index is -0.776. The van der Waals surface area contributed by atoms with Gasteiger partial charge in [-0.15, -0.1) is 0 Å². The van der Waals surface area contributed by atoms with Crippen molar-refractivity contribution in [3.8, 4) is 22.8 Å². The molecule has 7 heteroatoms. The largest absolute Gasteiger partial charge is 0.485 e. The van der Waals surface area contributed by atoms with E-state index in [4.69, 9.17) is 9.47 Å². The van der Waals surface area contributed by atoms with Crippen LogP contribution in [0, 0.1) is 17.7 Å². The number of rotatable bonds is 11. The lowest BCUT2D eigenvalue weighted by atomic mass is 9.82. The molecule has 1 aliphatic heterocycles. The number of pyridine rings is 1. The van der Waals surface area contributed by atoms with Crippen LogP contribution in [0.25, 0.3) is 11.1 Å². The minimum Gasteiger partial charge on any atom is -0.485 e. The van der Waals surface area contributed by atoms with E-state index in [0.717, 1.165) is 59.4 Å². The third-order valence-electron chi connectivity index (χ3n) is 8.81. The summed E-state index contributed by atoms with van der Waals surface area (Å²) in [6.07, 6.45) is 4.80. The Balaban J connectivity index is 1.50. The van der Waals surface area contributed by atoms with E-state index in [2.05, 4.69) is 42.8 Å². The van der Waals surface area contributed by atoms with Crippen molar-refractivity contribution in [2.45, 2.75) is 78.0 Å². The van der Waals surface area contributed by atoms with Crippen LogP contribution in [0.5, 0.6) is 11.6 Å². The first kappa shape index (κ1) is 29.1. The third kappa shape index (κ3) is 6.25. The molecule has 0 bridgehead atoms. The average Bonchev–Trinajstić information content (AvgIpc) is 3.81. The van der Waals surface area contributed by atoms with Gasteiger partial charge in [-0.3, -0.25) is 9.69 Å². The van der Waals surface area contributed by atoms with Gasteiger partial charge in [0.1, 0.15) is 17.7 Å². The van der Waals surface area contributed by atoms with E-state index in [9.17, 15) is 9.90 Å². The second-order valence-electron chi connectivity index (χ2n) is 11.8. The summed E-state index contributed by atoms with van der Waals surface area (Å²) in [5.74, 6) is 0.0246. The maximum atomic E-state index is 15.9. The Morgan fingerprint density at radius 3 is 2.59 bits per heavy atom. The molecule has 3 aromatic rings. The zero-order chi connectivity index (χ0) is 29.3. The van der Waals surface area contributed by atoms with Crippen LogP contribution < -0.4 is 9.47 Å². The number of hydrogen-bond acceptors (Lipinski definition) is 5. The molecular formula is C34H41FN2O4. The van der Waals surface area contributed by atoms with Crippen LogP contribution in [-0.2, 0) is 17.8 Å². The molecule has 2 heterocycles. The number of halogens is 1. The van der Waals surface area contributed by atoms with E-state index in [1.807, 2.05) is 24.3 Å². The number of carboxylic acids is 1. The molecular weight excluding hydrogens is 519 g/mol. The minimum absolute atomic E-state index is 0.0437. The number of ether oxygens (including phenoxy) is 2. The summed E-state index contributed by atoms with van der Waals surface area (Å²) in [5, 5.41) is 9.74. The Morgan fingerprint density at radius 2 is 1.93 bits per heavy atom. The fourth-order valence-corrected chi connectivity index (χ4v) is 6.24. The number of nitrogens with zero attached hydrogens (tertiary/aromatic N) is 2. The van der Waals surface area contributed by atoms with E-state index in [0.29, 0.717) is 36.4 Å². The molecule has 1 N–H and O–H groups in total. The Bertz CT molecular complexity index is 1400. The molecule has 5 rings (SSSR count). The van der Waals surface area contributed by atoms with Gasteiger partial charge in [0.25, 0.3) is 0 Å². The highest BCUT2D eigenvalue weighted by Gasteiger charge is 2.39. The Hall–Kier alpha value is -3.45. The third-order valence-corrected chi connectivity index (χ3v) is 8.81. The van der Waals surface area contributed by atoms with Crippen molar-refractivity contribution < 1.29 is 23.8 Å². The van der Waals surface area contributed by atoms with Crippen molar-refractivity contribution in [3.05, 3.63) is 76.7 Å². The zero-order valence-electron chi connectivity index (χ0n) is 24.7. The van der Waals surface area contributed by atoms with Crippen molar-refractivity contribution >= 4 is 5.97 Å². The van der Waals surface area contributed by atoms with Crippen LogP contribution in [0.15, 0.2) is 48.7 Å². The highest BCUT2D eigenvalue weighted by molar-refractivity contribution is 5.71. The van der Waals surface area contributed by atoms with Crippen LogP contribution in [-0.4, -0.2) is 40.7 Å². The lowest BCUT2D eigenvalue weighted by molar-refractivity contribution is -0.142. The highest BCUT2D eigenvalue weighted by Crippen LogP contribution is 2.48. The molecule has 0 saturated heterocycles. The van der Waals surface area contributed by atoms with Crippen LogP contribution in [0.4, 0.5) is 4.39 Å². The lowest BCUT2D eigenvalue weighted by Gasteiger charge is -2.30. The van der Waals surface area contributed by atoms with Crippen LogP contribution in [0.2, 0.25) is 0 Å². The van der Waals surface area contributed by atoms with E-state index in [1.54, 1.807) is 26.3 Å². The average molecular weight is 561 g/mol. The second-order valence-corrected chi connectivity index (χ2v) is 11.8. The van der Waals surface area contributed by atoms with Crippen molar-refractivity contribution in [2.24, 2.45) is 11.8 Å². The van der Waals surface area contributed by atoms with Crippen LogP contribution in [0.3, 0.4) is 0 Å². The standard InChI is InChI=1S/C34H41FN2O4/c1-6-37(20(2)3)19-26-15-28(29(35)18-27(26)24-13-14-36-32(17-24)40-5)30-12-11-22-7-10-25(16-31(22)41-30)33(23-8-9-23)21(4)34(38)39/h7,10,13-18,20-21,23,30,33H,6,8-9,11-12,19H2,1-5H3,(H,38,39)/t21-,30?,33-/m0/s1. The Morgan fingerprint density at radius 1 is 1.15 bits per heavy atom. The number of hydrogen-bond donors (Lipinski definition) is 1. The first-order valence-corrected chi connectivity index (χ1v) is 14.8. The van der Waals surface area contributed by atoms with E-state index in [1.165, 1.54) is 0 Å². The number of aromatic nitrogens is 1. The molecule has 1 unspecified atom stereocenters. The molecule has 0 amide bonds. The molecule has 2 aromatic carbocycles. The van der Waals surface area contributed by atoms with Crippen LogP contribution >= 0.6 is 0 Å². The van der Waals surface area contributed by atoms with Gasteiger partial charge in [0.15, 0.2) is 0 Å². The first-order chi connectivity index (χ1) is 19.7. The van der Waals surface area contributed by atoms with Gasteiger partial charge in [-0.25, -0.2) is 9.37 Å². The van der Waals surface area contributed by atoms with Crippen molar-refractivity contribution in [2.75, 3.05) is 13.7 Å². The van der Waals surface area contributed by atoms with Crippen molar-refractivity contribution in [3.63, 3.8) is 0 Å². The molecule has 218 valence electrons. The van der Waals surface area contributed by atoms with Gasteiger partial charge < -0.3 is 14.6 Å². The number of aryl methyl sites for hydroxylation is 1. The normalized spacial score (nSPS) is 18.1. The van der Waals surface area contributed by atoms with Gasteiger partial charge in [0, 0.05) is 30.4 Å². The highest BCUT2D eigenvalue weighted by atomic mass is 19.1. The number of aliphatic carboxylic acids is 1. The predicted octanol–water partition coefficient (Wildman–Crippen LogP) is 7.41. The molecule has 41 heavy (non-hydrogen) atoms. The monoisotopic (exact) mass is 560 g/mol. The summed E-state index contributed by atoms with van der Waals surface area (Å²) in [6, 6.07) is 13.8. The van der Waals surface area contributed by atoms with Gasteiger partial charge in [0.05, 0.1) is 13.0 Å². The molecule has 2 aliphatic rings. The number of fused-ring (bicyclic) bond motifs is 1. The molecule has 1 aliphatic carbocycles. The van der Waals surface area contributed by atoms with Gasteiger partial charge >= 0.3 is 5.97 Å². The maximum Gasteiger partial charge on any atom is 0.306 e. The molecule has 6 nitrogen and oxygen atoms in total. The first-order valence-electron chi connectivity index (χ1n) is 14.8. The summed E-state index contributed by atoms with van der Waals surface area (Å²) < 4.78 is 27.8. The quantitative estimate of drug-likeness (QED) is 0.263. The van der Waals surface area contributed by atoms with E-state index >= 15 is 4.39 Å². The molecule has 1 aromatic heterocycles. The van der Waals surface area contributed by atoms with Gasteiger partial charge in [-0.05, 0) is 110 Å². The fourth-order valence-electron chi connectivity index (χ4n) is 6.24. The van der Waals surface area contributed by atoms with E-state index < -0.39 is 18.0 Å². The summed E-state index contributed by atoms with van der Waals surface area (Å²) in [4.78, 5) is 18.4. The summed E-state index contributed by atoms with van der Waals surface area (Å²) >= 11 is 0. The lowest BCUT2D eigenvalue weighted by Crippen LogP contribution is -2.30. The summed E-state index contributed by atoms with van der Waals surface area (Å²) in [6.45, 7) is 9.81. The number of benzene rings is 2. The molecule has 3 atom stereocenters. The fraction of sp³-hybridized carbons (Fsp3) is 0.471. The molecule has 0 spiro atoms. The smallest absolute Gasteiger partial charge is 0.306 e. The van der Waals surface area contributed by atoms with Crippen molar-refractivity contribution in [1.29, 1.82) is 0 Å². The zero-order valence-corrected chi connectivity index (χ0v) is 24.7. The topological polar surface area (TPSA) is 71.9 Å². The number of methoxy groups -OCH3 is 1. The molecule has 1 fully saturated rings. The SMILES string of the molecule is CCN(Cc1cc(C2CCc3ccc([C@H](C4CC4)[C@H](C)C(=O)O)cc3O2)c(F)cc1-c1ccnc(OC)c1)C(C)C. The second kappa shape index (κ2) is 12.2. The van der Waals surface area contributed by atoms with Gasteiger partial charge in [0.2, 0.25) is 5.88 Å². The summed E-state index contributed by atoms with van der Waals surface area (Å²) in [5.41, 5.74) is 5.34. The van der Waals surface area contributed by atoms with E-state index in [-0.39, 0.29) is 11.7 Å². The maximum absolute atomic E-state index is 15.9. The summed E-state index contributed by atoms with van der Waals surface area (Å²) in [7, 11) is 1.58. The molecule has 0 radical (unpaired) electrons.